The fourth-order valence-electron chi connectivity index (χ4n) is 2.09. The fourth-order valence-corrected chi connectivity index (χ4v) is 2.86. The molecule has 90 valence electrons. The van der Waals surface area contributed by atoms with Crippen molar-refractivity contribution in [3.05, 3.63) is 0 Å². The van der Waals surface area contributed by atoms with E-state index in [-0.39, 0.29) is 0 Å². The molecular formula is C12H25NOS. The van der Waals surface area contributed by atoms with Crippen LogP contribution < -0.4 is 5.32 Å². The minimum atomic E-state index is 0.882. The van der Waals surface area contributed by atoms with E-state index in [0.29, 0.717) is 0 Å². The van der Waals surface area contributed by atoms with E-state index in [1.807, 2.05) is 11.8 Å². The molecule has 1 aliphatic carbocycles. The number of methoxy groups -OCH3 is 1. The molecule has 1 N–H and O–H groups in total. The number of hydrogen-bond acceptors (Lipinski definition) is 3. The highest BCUT2D eigenvalue weighted by Crippen LogP contribution is 2.22. The molecule has 0 heterocycles. The second kappa shape index (κ2) is 9.49. The van der Waals surface area contributed by atoms with Crippen molar-refractivity contribution in [2.24, 2.45) is 5.92 Å². The van der Waals surface area contributed by atoms with E-state index in [9.17, 15) is 0 Å². The van der Waals surface area contributed by atoms with Crippen LogP contribution in [-0.2, 0) is 4.74 Å². The van der Waals surface area contributed by atoms with Crippen LogP contribution in [0.4, 0.5) is 0 Å². The van der Waals surface area contributed by atoms with Gasteiger partial charge in [0.25, 0.3) is 0 Å². The van der Waals surface area contributed by atoms with Gasteiger partial charge in [0, 0.05) is 25.2 Å². The monoisotopic (exact) mass is 231 g/mol. The van der Waals surface area contributed by atoms with Gasteiger partial charge in [0.05, 0.1) is 6.61 Å². The van der Waals surface area contributed by atoms with Crippen LogP contribution in [0.3, 0.4) is 0 Å². The molecule has 3 heteroatoms. The first-order valence-corrected chi connectivity index (χ1v) is 7.36. The topological polar surface area (TPSA) is 21.3 Å². The Labute approximate surface area is 98.5 Å². The lowest BCUT2D eigenvalue weighted by molar-refractivity contribution is 0.218. The number of hydrogen-bond donors (Lipinski definition) is 1. The number of nitrogens with one attached hydrogen (secondary N) is 1. The first-order valence-electron chi connectivity index (χ1n) is 6.21. The Bertz CT molecular complexity index is 138. The molecule has 0 aromatic carbocycles. The van der Waals surface area contributed by atoms with Crippen molar-refractivity contribution in [2.45, 2.75) is 32.1 Å². The average Bonchev–Trinajstić information content (AvgIpc) is 2.29. The lowest BCUT2D eigenvalue weighted by atomic mass is 9.89. The minimum absolute atomic E-state index is 0.882. The molecule has 0 atom stereocenters. The summed E-state index contributed by atoms with van der Waals surface area (Å²) in [5, 5.41) is 3.57. The molecule has 0 aliphatic heterocycles. The van der Waals surface area contributed by atoms with Gasteiger partial charge in [-0.2, -0.15) is 11.8 Å². The lowest BCUT2D eigenvalue weighted by Crippen LogP contribution is -2.26. The van der Waals surface area contributed by atoms with E-state index in [1.54, 1.807) is 7.11 Å². The zero-order valence-corrected chi connectivity index (χ0v) is 10.8. The van der Waals surface area contributed by atoms with Gasteiger partial charge >= 0.3 is 0 Å². The van der Waals surface area contributed by atoms with E-state index >= 15 is 0 Å². The molecule has 1 saturated carbocycles. The molecule has 1 rings (SSSR count). The molecule has 15 heavy (non-hydrogen) atoms. The smallest absolute Gasteiger partial charge is 0.0552 e. The Morgan fingerprint density at radius 2 is 2.00 bits per heavy atom. The van der Waals surface area contributed by atoms with Gasteiger partial charge in [-0.1, -0.05) is 19.3 Å². The van der Waals surface area contributed by atoms with Crippen LogP contribution in [0.1, 0.15) is 32.1 Å². The van der Waals surface area contributed by atoms with Crippen LogP contribution in [0.15, 0.2) is 0 Å². The molecule has 0 amide bonds. The third-order valence-electron chi connectivity index (χ3n) is 3.01. The van der Waals surface area contributed by atoms with Gasteiger partial charge in [0.1, 0.15) is 0 Å². The van der Waals surface area contributed by atoms with E-state index in [2.05, 4.69) is 5.32 Å². The largest absolute Gasteiger partial charge is 0.384 e. The van der Waals surface area contributed by atoms with Gasteiger partial charge < -0.3 is 10.1 Å². The summed E-state index contributed by atoms with van der Waals surface area (Å²) in [5.41, 5.74) is 0. The highest BCUT2D eigenvalue weighted by Gasteiger charge is 2.11. The summed E-state index contributed by atoms with van der Waals surface area (Å²) in [5.74, 6) is 3.31. The second-order valence-corrected chi connectivity index (χ2v) is 5.54. The highest BCUT2D eigenvalue weighted by atomic mass is 32.2. The Kier molecular flexibility index (Phi) is 8.44. The predicted molar refractivity (Wildman–Crippen MR) is 68.6 cm³/mol. The maximum Gasteiger partial charge on any atom is 0.0552 e. The Balaban J connectivity index is 1.79. The molecule has 0 aromatic rings. The maximum absolute atomic E-state index is 5.00. The standard InChI is InChI=1S/C12H25NOS/c1-14-8-10-15-9-7-13-11-12-5-3-2-4-6-12/h12-13H,2-11H2,1H3. The summed E-state index contributed by atoms with van der Waals surface area (Å²) in [7, 11) is 1.77. The van der Waals surface area contributed by atoms with Crippen molar-refractivity contribution < 1.29 is 4.74 Å². The van der Waals surface area contributed by atoms with Gasteiger partial charge in [-0.05, 0) is 25.3 Å². The van der Waals surface area contributed by atoms with Crippen molar-refractivity contribution >= 4 is 11.8 Å². The molecule has 1 fully saturated rings. The Morgan fingerprint density at radius 3 is 2.73 bits per heavy atom. The van der Waals surface area contributed by atoms with Crippen LogP contribution in [0.2, 0.25) is 0 Å². The fraction of sp³-hybridized carbons (Fsp3) is 1.00. The van der Waals surface area contributed by atoms with Crippen molar-refractivity contribution in [1.82, 2.24) is 5.32 Å². The van der Waals surface area contributed by atoms with Gasteiger partial charge in [0.2, 0.25) is 0 Å². The predicted octanol–water partition coefficient (Wildman–Crippen LogP) is 2.54. The molecule has 0 radical (unpaired) electrons. The van der Waals surface area contributed by atoms with Crippen LogP contribution in [-0.4, -0.2) is 38.3 Å². The number of ether oxygens (including phenoxy) is 1. The van der Waals surface area contributed by atoms with Gasteiger partial charge in [-0.25, -0.2) is 0 Å². The molecule has 1 aliphatic rings. The normalized spacial score (nSPS) is 18.2. The van der Waals surface area contributed by atoms with Crippen molar-refractivity contribution in [3.63, 3.8) is 0 Å². The van der Waals surface area contributed by atoms with Crippen molar-refractivity contribution in [1.29, 1.82) is 0 Å². The quantitative estimate of drug-likeness (QED) is 0.649. The summed E-state index contributed by atoms with van der Waals surface area (Å²) in [6, 6.07) is 0. The van der Waals surface area contributed by atoms with Crippen LogP contribution in [0, 0.1) is 5.92 Å². The molecule has 0 unspecified atom stereocenters. The van der Waals surface area contributed by atoms with Gasteiger partial charge in [0.15, 0.2) is 0 Å². The second-order valence-electron chi connectivity index (χ2n) is 4.31. The summed E-state index contributed by atoms with van der Waals surface area (Å²) < 4.78 is 5.00. The Hall–Kier alpha value is 0.270. The van der Waals surface area contributed by atoms with Crippen LogP contribution in [0.5, 0.6) is 0 Å². The first-order chi connectivity index (χ1) is 7.43. The SMILES string of the molecule is COCCSCCNCC1CCCCC1. The van der Waals surface area contributed by atoms with E-state index < -0.39 is 0 Å². The zero-order chi connectivity index (χ0) is 10.8. The third-order valence-corrected chi connectivity index (χ3v) is 3.96. The molecule has 0 spiro atoms. The highest BCUT2D eigenvalue weighted by molar-refractivity contribution is 7.99. The van der Waals surface area contributed by atoms with E-state index in [4.69, 9.17) is 4.74 Å². The first kappa shape index (κ1) is 13.3. The van der Waals surface area contributed by atoms with Crippen molar-refractivity contribution in [2.75, 3.05) is 38.3 Å². The molecular weight excluding hydrogens is 206 g/mol. The third kappa shape index (κ3) is 7.20. The summed E-state index contributed by atoms with van der Waals surface area (Å²) in [4.78, 5) is 0. The minimum Gasteiger partial charge on any atom is -0.384 e. The maximum atomic E-state index is 5.00. The van der Waals surface area contributed by atoms with Gasteiger partial charge in [-0.15, -0.1) is 0 Å². The van der Waals surface area contributed by atoms with E-state index in [1.165, 1.54) is 44.4 Å². The summed E-state index contributed by atoms with van der Waals surface area (Å²) >= 11 is 1.98. The van der Waals surface area contributed by atoms with Crippen LogP contribution in [0.25, 0.3) is 0 Å². The van der Waals surface area contributed by atoms with Crippen molar-refractivity contribution in [3.8, 4) is 0 Å². The summed E-state index contributed by atoms with van der Waals surface area (Å²) in [6.45, 7) is 3.28. The Morgan fingerprint density at radius 1 is 1.20 bits per heavy atom. The molecule has 0 saturated heterocycles. The average molecular weight is 231 g/mol. The van der Waals surface area contributed by atoms with Gasteiger partial charge in [-0.3, -0.25) is 0 Å². The number of thioether (sulfide) groups is 1. The number of rotatable bonds is 8. The summed E-state index contributed by atoms with van der Waals surface area (Å²) in [6.07, 6.45) is 7.26. The van der Waals surface area contributed by atoms with Crippen LogP contribution >= 0.6 is 11.8 Å². The zero-order valence-electron chi connectivity index (χ0n) is 9.96. The molecule has 0 aromatic heterocycles. The molecule has 0 bridgehead atoms. The molecule has 2 nitrogen and oxygen atoms in total. The lowest BCUT2D eigenvalue weighted by Gasteiger charge is -2.21. The van der Waals surface area contributed by atoms with E-state index in [0.717, 1.165) is 24.8 Å².